The highest BCUT2D eigenvalue weighted by Crippen LogP contribution is 2.34. The van der Waals surface area contributed by atoms with E-state index < -0.39 is 6.04 Å². The first-order chi connectivity index (χ1) is 14.9. The van der Waals surface area contributed by atoms with Crippen LogP contribution in [0.2, 0.25) is 0 Å². The van der Waals surface area contributed by atoms with E-state index in [2.05, 4.69) is 40.9 Å². The van der Waals surface area contributed by atoms with Crippen molar-refractivity contribution in [2.24, 2.45) is 5.92 Å². The topological polar surface area (TPSA) is 111 Å². The van der Waals surface area contributed by atoms with Crippen LogP contribution >= 0.6 is 0 Å². The van der Waals surface area contributed by atoms with Gasteiger partial charge in [-0.2, -0.15) is 5.26 Å². The fourth-order valence-electron chi connectivity index (χ4n) is 3.44. The summed E-state index contributed by atoms with van der Waals surface area (Å²) in [5, 5.41) is 28.1. The number of aliphatic hydroxyl groups excluding tert-OH is 1. The molecule has 1 aliphatic carbocycles. The van der Waals surface area contributed by atoms with E-state index in [1.165, 1.54) is 5.57 Å². The Morgan fingerprint density at radius 1 is 1.35 bits per heavy atom. The molecule has 1 aliphatic rings. The van der Waals surface area contributed by atoms with Crippen molar-refractivity contribution in [2.45, 2.75) is 38.8 Å². The van der Waals surface area contributed by atoms with Crippen LogP contribution in [0.4, 0.5) is 0 Å². The van der Waals surface area contributed by atoms with Gasteiger partial charge in [-0.3, -0.25) is 4.79 Å². The predicted octanol–water partition coefficient (Wildman–Crippen LogP) is 3.17. The van der Waals surface area contributed by atoms with Crippen LogP contribution in [0, 0.1) is 17.2 Å². The summed E-state index contributed by atoms with van der Waals surface area (Å²) in [6.45, 7) is 6.52. The molecule has 0 bridgehead atoms. The first kappa shape index (κ1) is 22.5. The number of carbonyl (C=O) groups excluding carboxylic acids is 1. The Balaban J connectivity index is 1.71. The third-order valence-corrected chi connectivity index (χ3v) is 5.31. The number of benzene rings is 1. The highest BCUT2D eigenvalue weighted by molar-refractivity contribution is 5.95. The van der Waals surface area contributed by atoms with E-state index in [0.717, 1.165) is 11.3 Å². The van der Waals surface area contributed by atoms with Crippen LogP contribution in [-0.4, -0.2) is 41.4 Å². The minimum atomic E-state index is -0.561. The quantitative estimate of drug-likeness (QED) is 0.605. The summed E-state index contributed by atoms with van der Waals surface area (Å²) in [6, 6.07) is 10.5. The summed E-state index contributed by atoms with van der Waals surface area (Å²) < 4.78 is 5.64. The third-order valence-electron chi connectivity index (χ3n) is 5.31. The maximum atomic E-state index is 12.3. The Morgan fingerprint density at radius 2 is 2.16 bits per heavy atom. The second-order valence-corrected chi connectivity index (χ2v) is 7.97. The summed E-state index contributed by atoms with van der Waals surface area (Å²) in [5.74, 6) is 0.767. The van der Waals surface area contributed by atoms with Gasteiger partial charge in [0.25, 0.3) is 5.91 Å². The van der Waals surface area contributed by atoms with Crippen molar-refractivity contribution in [3.8, 4) is 17.3 Å². The molecule has 7 nitrogen and oxygen atoms in total. The van der Waals surface area contributed by atoms with E-state index in [0.29, 0.717) is 17.8 Å². The number of nitrogens with zero attached hydrogens (tertiary/aromatic N) is 2. The van der Waals surface area contributed by atoms with Crippen LogP contribution in [-0.2, 0) is 0 Å². The molecule has 1 heterocycles. The molecule has 0 saturated carbocycles. The van der Waals surface area contributed by atoms with E-state index >= 15 is 0 Å². The van der Waals surface area contributed by atoms with Crippen molar-refractivity contribution >= 4 is 5.91 Å². The van der Waals surface area contributed by atoms with Crippen molar-refractivity contribution in [3.05, 3.63) is 65.5 Å². The lowest BCUT2D eigenvalue weighted by molar-refractivity contribution is 0.0948. The van der Waals surface area contributed by atoms with Gasteiger partial charge in [0.2, 0.25) is 0 Å². The highest BCUT2D eigenvalue weighted by Gasteiger charge is 2.23. The smallest absolute Gasteiger partial charge is 0.252 e. The molecule has 2 unspecified atom stereocenters. The second kappa shape index (κ2) is 10.2. The van der Waals surface area contributed by atoms with Crippen LogP contribution in [0.3, 0.4) is 0 Å². The van der Waals surface area contributed by atoms with Crippen LogP contribution in [0.25, 0.3) is 11.3 Å². The zero-order valence-electron chi connectivity index (χ0n) is 18.0. The number of aliphatic hydroxyl groups is 1. The molecule has 0 radical (unpaired) electrons. The van der Waals surface area contributed by atoms with Gasteiger partial charge in [0.1, 0.15) is 17.5 Å². The molecule has 7 heteroatoms. The summed E-state index contributed by atoms with van der Waals surface area (Å²) in [7, 11) is 0. The first-order valence-electron chi connectivity index (χ1n) is 10.4. The van der Waals surface area contributed by atoms with E-state index in [1.807, 2.05) is 25.1 Å². The predicted molar refractivity (Wildman–Crippen MR) is 118 cm³/mol. The highest BCUT2D eigenvalue weighted by atomic mass is 16.5. The number of allylic oxidation sites excluding steroid dienone is 2. The Bertz CT molecular complexity index is 1020. The maximum Gasteiger partial charge on any atom is 0.252 e. The van der Waals surface area contributed by atoms with Crippen molar-refractivity contribution in [1.29, 1.82) is 5.26 Å². The number of amides is 1. The Morgan fingerprint density at radius 3 is 2.87 bits per heavy atom. The fraction of sp³-hybridized carbons (Fsp3) is 0.375. The average molecular weight is 421 g/mol. The minimum absolute atomic E-state index is 0.0557. The lowest BCUT2D eigenvalue weighted by Gasteiger charge is -2.21. The Hall–Kier alpha value is -3.21. The number of hydrogen-bond donors (Lipinski definition) is 3. The summed E-state index contributed by atoms with van der Waals surface area (Å²) in [6.07, 6.45) is 6.39. The van der Waals surface area contributed by atoms with E-state index in [1.54, 1.807) is 25.1 Å². The molecule has 1 amide bonds. The molecule has 0 fully saturated rings. The molecule has 3 N–H and O–H groups in total. The van der Waals surface area contributed by atoms with Gasteiger partial charge in [0, 0.05) is 35.7 Å². The average Bonchev–Trinajstić information content (AvgIpc) is 3.27. The SMILES string of the molecule is CC1C=C(CN[C@H](C)CO)C=CC1c1cc(-c2cccc(C(=O)N[C@H](C)C#N)c2)no1. The number of aromatic nitrogens is 1. The maximum absolute atomic E-state index is 12.3. The van der Waals surface area contributed by atoms with Crippen LogP contribution in [0.1, 0.15) is 42.8 Å². The molecule has 3 rings (SSSR count). The van der Waals surface area contributed by atoms with Crippen molar-refractivity contribution in [3.63, 3.8) is 0 Å². The van der Waals surface area contributed by atoms with Gasteiger partial charge < -0.3 is 20.3 Å². The Labute approximate surface area is 182 Å². The van der Waals surface area contributed by atoms with E-state index in [9.17, 15) is 4.79 Å². The van der Waals surface area contributed by atoms with Gasteiger partial charge in [0.15, 0.2) is 0 Å². The van der Waals surface area contributed by atoms with Crippen LogP contribution in [0.15, 0.2) is 58.7 Å². The monoisotopic (exact) mass is 420 g/mol. The molecule has 162 valence electrons. The van der Waals surface area contributed by atoms with Gasteiger partial charge in [-0.1, -0.05) is 42.4 Å². The molecule has 0 spiro atoms. The second-order valence-electron chi connectivity index (χ2n) is 7.97. The number of carbonyl (C=O) groups is 1. The van der Waals surface area contributed by atoms with Gasteiger partial charge in [-0.05, 0) is 37.5 Å². The molecule has 31 heavy (non-hydrogen) atoms. The fourth-order valence-corrected chi connectivity index (χ4v) is 3.44. The van der Waals surface area contributed by atoms with Gasteiger partial charge in [-0.15, -0.1) is 0 Å². The summed E-state index contributed by atoms with van der Waals surface area (Å²) in [5.41, 5.74) is 3.08. The zero-order valence-corrected chi connectivity index (χ0v) is 18.0. The normalized spacial score (nSPS) is 19.9. The molecule has 0 saturated heterocycles. The van der Waals surface area contributed by atoms with Crippen molar-refractivity contribution in [2.75, 3.05) is 13.2 Å². The van der Waals surface area contributed by atoms with Crippen molar-refractivity contribution < 1.29 is 14.4 Å². The molecular weight excluding hydrogens is 392 g/mol. The minimum Gasteiger partial charge on any atom is -0.395 e. The summed E-state index contributed by atoms with van der Waals surface area (Å²) in [4.78, 5) is 12.3. The number of hydrogen-bond acceptors (Lipinski definition) is 6. The van der Waals surface area contributed by atoms with E-state index in [-0.39, 0.29) is 30.4 Å². The van der Waals surface area contributed by atoms with Crippen LogP contribution in [0.5, 0.6) is 0 Å². The van der Waals surface area contributed by atoms with Gasteiger partial charge in [-0.25, -0.2) is 0 Å². The van der Waals surface area contributed by atoms with Crippen LogP contribution < -0.4 is 10.6 Å². The van der Waals surface area contributed by atoms with Gasteiger partial charge >= 0.3 is 0 Å². The number of rotatable bonds is 8. The molecule has 1 aromatic heterocycles. The molecule has 0 aliphatic heterocycles. The molecule has 1 aromatic carbocycles. The summed E-state index contributed by atoms with van der Waals surface area (Å²) >= 11 is 0. The van der Waals surface area contributed by atoms with E-state index in [4.69, 9.17) is 14.9 Å². The standard InChI is InChI=1S/C24H28N4O3/c1-15-9-18(13-26-17(3)14-29)7-8-21(15)23-11-22(28-31-23)19-5-4-6-20(10-19)24(30)27-16(2)12-25/h4-11,15-17,21,26,29H,13-14H2,1-3H3,(H,27,30)/t15?,16-,17-,21?/m1/s1. The molecule has 4 atom stereocenters. The zero-order chi connectivity index (χ0) is 22.4. The molecular formula is C24H28N4O3. The largest absolute Gasteiger partial charge is 0.395 e. The Kier molecular flexibility index (Phi) is 7.40. The number of nitrogens with one attached hydrogen (secondary N) is 2. The number of nitriles is 1. The first-order valence-corrected chi connectivity index (χ1v) is 10.4. The third kappa shape index (κ3) is 5.69. The lowest BCUT2D eigenvalue weighted by atomic mass is 9.85. The van der Waals surface area contributed by atoms with Crippen molar-refractivity contribution in [1.82, 2.24) is 15.8 Å². The lowest BCUT2D eigenvalue weighted by Crippen LogP contribution is -2.31. The van der Waals surface area contributed by atoms with Gasteiger partial charge in [0.05, 0.1) is 12.7 Å². The molecule has 2 aromatic rings.